The van der Waals surface area contributed by atoms with Crippen LogP contribution in [0.3, 0.4) is 0 Å². The molecule has 1 aromatic heterocycles. The van der Waals surface area contributed by atoms with Crippen LogP contribution in [0.15, 0.2) is 15.8 Å². The molecule has 64 valence electrons. The molecule has 0 aromatic carbocycles. The fraction of sp³-hybridized carbons (Fsp3) is 0.250. The van der Waals surface area contributed by atoms with E-state index in [1.807, 2.05) is 0 Å². The van der Waals surface area contributed by atoms with E-state index in [0.29, 0.717) is 5.56 Å². The summed E-state index contributed by atoms with van der Waals surface area (Å²) in [5.41, 5.74) is 0.294. The average Bonchev–Trinajstić information content (AvgIpc) is 2.11. The summed E-state index contributed by atoms with van der Waals surface area (Å²) >= 11 is 0. The third kappa shape index (κ3) is 2.18. The summed E-state index contributed by atoms with van der Waals surface area (Å²) in [5, 5.41) is 2.65. The van der Waals surface area contributed by atoms with E-state index in [-0.39, 0.29) is 12.4 Å². The number of hydrogen-bond acceptors (Lipinski definition) is 4. The molecule has 0 aliphatic rings. The van der Waals surface area contributed by atoms with E-state index in [1.165, 1.54) is 6.92 Å². The van der Waals surface area contributed by atoms with Crippen LogP contribution in [0.25, 0.3) is 0 Å². The van der Waals surface area contributed by atoms with Crippen LogP contribution in [0, 0.1) is 6.92 Å². The topological polar surface area (TPSA) is 80.4 Å². The highest BCUT2D eigenvalue weighted by Gasteiger charge is 2.16. The molecule has 1 heterocycles. The molecule has 0 radical (unpaired) electrons. The summed E-state index contributed by atoms with van der Waals surface area (Å²) < 4.78 is 33.4. The predicted octanol–water partition coefficient (Wildman–Crippen LogP) is 0.652. The van der Waals surface area contributed by atoms with Gasteiger partial charge in [0.15, 0.2) is 0 Å². The first-order chi connectivity index (χ1) is 4.52. The van der Waals surface area contributed by atoms with Gasteiger partial charge in [-0.05, 0) is 6.92 Å². The molecule has 0 unspecified atom stereocenters. The molecule has 5 nitrogen and oxygen atoms in total. The lowest BCUT2D eigenvalue weighted by molar-refractivity contribution is 0.392. The number of halogens is 1. The van der Waals surface area contributed by atoms with Gasteiger partial charge in [-0.15, -0.1) is 12.4 Å². The van der Waals surface area contributed by atoms with E-state index >= 15 is 0 Å². The highest BCUT2D eigenvalue weighted by molar-refractivity contribution is 7.85. The molecule has 0 saturated heterocycles. The summed E-state index contributed by atoms with van der Waals surface area (Å²) in [6.07, 6.45) is 1.14. The lowest BCUT2D eigenvalue weighted by Crippen LogP contribution is -1.99. The zero-order valence-corrected chi connectivity index (χ0v) is 7.15. The second kappa shape index (κ2) is 3.21. The maximum Gasteiger partial charge on any atom is 0.315 e. The van der Waals surface area contributed by atoms with Crippen LogP contribution < -0.4 is 0 Å². The van der Waals surface area contributed by atoms with Gasteiger partial charge in [0.2, 0.25) is 5.03 Å². The Kier molecular flexibility index (Phi) is 3.03. The van der Waals surface area contributed by atoms with Gasteiger partial charge in [0, 0.05) is 5.56 Å². The minimum atomic E-state index is -4.20. The van der Waals surface area contributed by atoms with Gasteiger partial charge in [-0.3, -0.25) is 4.55 Å². The maximum atomic E-state index is 10.3. The zero-order valence-electron chi connectivity index (χ0n) is 5.51. The number of hydrogen-bond donors (Lipinski definition) is 1. The fourth-order valence-corrected chi connectivity index (χ4v) is 1.12. The van der Waals surface area contributed by atoms with Gasteiger partial charge in [0.05, 0.1) is 0 Å². The average molecular weight is 200 g/mol. The Balaban J connectivity index is 0.000001000. The molecular formula is C4H6ClNO4S. The van der Waals surface area contributed by atoms with E-state index in [4.69, 9.17) is 4.55 Å². The Morgan fingerprint density at radius 2 is 2.18 bits per heavy atom. The number of nitrogens with zero attached hydrogens (tertiary/aromatic N) is 1. The van der Waals surface area contributed by atoms with Gasteiger partial charge in [0.1, 0.15) is 6.26 Å². The van der Waals surface area contributed by atoms with Crippen molar-refractivity contribution in [3.05, 3.63) is 11.8 Å². The van der Waals surface area contributed by atoms with Gasteiger partial charge in [0.25, 0.3) is 0 Å². The first-order valence-electron chi connectivity index (χ1n) is 2.40. The van der Waals surface area contributed by atoms with E-state index in [9.17, 15) is 8.42 Å². The Labute approximate surface area is 69.5 Å². The monoisotopic (exact) mass is 199 g/mol. The molecule has 0 amide bonds. The highest BCUT2D eigenvalue weighted by atomic mass is 35.5. The number of rotatable bonds is 1. The summed E-state index contributed by atoms with van der Waals surface area (Å²) in [7, 11) is -4.20. The maximum absolute atomic E-state index is 10.3. The molecule has 1 rings (SSSR count). The molecule has 0 saturated carbocycles. The van der Waals surface area contributed by atoms with Crippen molar-refractivity contribution in [2.45, 2.75) is 11.9 Å². The van der Waals surface area contributed by atoms with Gasteiger partial charge in [-0.1, -0.05) is 5.16 Å². The molecule has 0 bridgehead atoms. The third-order valence-corrected chi connectivity index (χ3v) is 1.83. The molecule has 0 atom stereocenters. The summed E-state index contributed by atoms with van der Waals surface area (Å²) in [6.45, 7) is 1.47. The van der Waals surface area contributed by atoms with Crippen molar-refractivity contribution < 1.29 is 17.5 Å². The SMILES string of the molecule is Cc1conc1S(=O)(=O)O.Cl. The quantitative estimate of drug-likeness (QED) is 0.672. The second-order valence-electron chi connectivity index (χ2n) is 1.78. The van der Waals surface area contributed by atoms with Crippen LogP contribution in [0.4, 0.5) is 0 Å². The van der Waals surface area contributed by atoms with Crippen molar-refractivity contribution in [2.75, 3.05) is 0 Å². The van der Waals surface area contributed by atoms with E-state index < -0.39 is 15.1 Å². The minimum Gasteiger partial charge on any atom is -0.363 e. The fourth-order valence-electron chi connectivity index (χ4n) is 0.526. The van der Waals surface area contributed by atoms with Crippen LogP contribution >= 0.6 is 12.4 Å². The standard InChI is InChI=1S/C4H5NO4S.ClH/c1-3-2-9-5-4(3)10(6,7)8;/h2H,1H3,(H,6,7,8);1H. The summed E-state index contributed by atoms with van der Waals surface area (Å²) in [6, 6.07) is 0. The molecule has 11 heavy (non-hydrogen) atoms. The Hall–Kier alpha value is -0.590. The molecule has 1 N–H and O–H groups in total. The second-order valence-corrected chi connectivity index (χ2v) is 3.11. The molecule has 0 aliphatic carbocycles. The van der Waals surface area contributed by atoms with Crippen molar-refractivity contribution in [3.8, 4) is 0 Å². The van der Waals surface area contributed by atoms with Crippen LogP contribution in [0.2, 0.25) is 0 Å². The van der Waals surface area contributed by atoms with E-state index in [0.717, 1.165) is 6.26 Å². The molecule has 0 fully saturated rings. The van der Waals surface area contributed by atoms with Crippen LogP contribution in [0.5, 0.6) is 0 Å². The van der Waals surface area contributed by atoms with Gasteiger partial charge in [-0.25, -0.2) is 0 Å². The number of aromatic nitrogens is 1. The third-order valence-electron chi connectivity index (χ3n) is 0.947. The van der Waals surface area contributed by atoms with Crippen LogP contribution in [0.1, 0.15) is 5.56 Å². The normalized spacial score (nSPS) is 10.7. The first kappa shape index (κ1) is 10.4. The van der Waals surface area contributed by atoms with E-state index in [2.05, 4.69) is 9.68 Å². The van der Waals surface area contributed by atoms with Crippen molar-refractivity contribution in [3.63, 3.8) is 0 Å². The summed E-state index contributed by atoms with van der Waals surface area (Å²) in [4.78, 5) is 0. The lowest BCUT2D eigenvalue weighted by atomic mass is 10.4. The van der Waals surface area contributed by atoms with Crippen molar-refractivity contribution >= 4 is 22.5 Å². The molecule has 0 aliphatic heterocycles. The molecular weight excluding hydrogens is 194 g/mol. The van der Waals surface area contributed by atoms with E-state index in [1.54, 1.807) is 0 Å². The van der Waals surface area contributed by atoms with Gasteiger partial charge >= 0.3 is 10.1 Å². The number of aryl methyl sites for hydroxylation is 1. The lowest BCUT2D eigenvalue weighted by Gasteiger charge is -1.86. The van der Waals surface area contributed by atoms with Crippen molar-refractivity contribution in [2.24, 2.45) is 0 Å². The Bertz CT molecular complexity index is 330. The molecule has 0 spiro atoms. The largest absolute Gasteiger partial charge is 0.363 e. The van der Waals surface area contributed by atoms with Crippen molar-refractivity contribution in [1.82, 2.24) is 5.16 Å². The van der Waals surface area contributed by atoms with Crippen LogP contribution in [-0.2, 0) is 10.1 Å². The smallest absolute Gasteiger partial charge is 0.315 e. The molecule has 1 aromatic rings. The molecule has 7 heteroatoms. The highest BCUT2D eigenvalue weighted by Crippen LogP contribution is 2.10. The Morgan fingerprint density at radius 1 is 1.64 bits per heavy atom. The van der Waals surface area contributed by atoms with Gasteiger partial charge < -0.3 is 4.52 Å². The summed E-state index contributed by atoms with van der Waals surface area (Å²) in [5.74, 6) is 0. The van der Waals surface area contributed by atoms with Crippen LogP contribution in [-0.4, -0.2) is 18.1 Å². The Morgan fingerprint density at radius 3 is 2.36 bits per heavy atom. The van der Waals surface area contributed by atoms with Gasteiger partial charge in [-0.2, -0.15) is 8.42 Å². The predicted molar refractivity (Wildman–Crippen MR) is 38.3 cm³/mol. The zero-order chi connectivity index (χ0) is 7.78. The minimum absolute atomic E-state index is 0. The van der Waals surface area contributed by atoms with Crippen molar-refractivity contribution in [1.29, 1.82) is 0 Å². The first-order valence-corrected chi connectivity index (χ1v) is 3.84.